The van der Waals surface area contributed by atoms with Crippen LogP contribution in [0.5, 0.6) is 0 Å². The summed E-state index contributed by atoms with van der Waals surface area (Å²) in [6, 6.07) is 103. The molecule has 135 heavy (non-hydrogen) atoms. The number of furan rings is 3. The molecule has 0 spiro atoms. The third kappa shape index (κ3) is 13.2. The van der Waals surface area contributed by atoms with Gasteiger partial charge in [0.25, 0.3) is 0 Å². The van der Waals surface area contributed by atoms with Crippen LogP contribution in [0.3, 0.4) is 0 Å². The molecule has 3 aromatic heterocycles. The predicted octanol–water partition coefficient (Wildman–Crippen LogP) is 37.8. The van der Waals surface area contributed by atoms with Gasteiger partial charge < -0.3 is 13.3 Å². The van der Waals surface area contributed by atoms with Crippen molar-refractivity contribution >= 4 is 163 Å². The average Bonchev–Trinajstić information content (AvgIpc) is 1.19. The van der Waals surface area contributed by atoms with Crippen LogP contribution in [0.1, 0.15) is 32.9 Å². The molecule has 0 radical (unpaired) electrons. The lowest BCUT2D eigenvalue weighted by molar-refractivity contribution is 0.668. The molecule has 3 heteroatoms. The Bertz CT molecular complexity index is 11000. The highest BCUT2D eigenvalue weighted by atomic mass is 16.3. The number of para-hydroxylation sites is 3. The van der Waals surface area contributed by atoms with Crippen molar-refractivity contribution in [1.29, 1.82) is 0 Å². The number of fused-ring (bicyclic) bond motifs is 18. The summed E-state index contributed by atoms with van der Waals surface area (Å²) < 4.78 is 239. The van der Waals surface area contributed by atoms with Crippen LogP contribution in [0, 0.1) is 0 Å². The topological polar surface area (TPSA) is 39.4 Å². The van der Waals surface area contributed by atoms with Crippen LogP contribution in [0.2, 0.25) is 0 Å². The van der Waals surface area contributed by atoms with Gasteiger partial charge in [0.1, 0.15) is 33.5 Å². The van der Waals surface area contributed by atoms with Crippen molar-refractivity contribution in [3.05, 3.63) is 497 Å². The molecule has 0 aliphatic rings. The minimum atomic E-state index is -0.441. The van der Waals surface area contributed by atoms with Crippen LogP contribution < -0.4 is 0 Å². The number of hydrogen-bond acceptors (Lipinski definition) is 3. The van der Waals surface area contributed by atoms with E-state index >= 15 is 0 Å². The normalized spacial score (nSPS) is 14.2. The fourth-order valence-electron chi connectivity index (χ4n) is 20.3. The van der Waals surface area contributed by atoms with Crippen LogP contribution in [0.15, 0.2) is 510 Å². The average molecular weight is 1740 g/mol. The first-order valence-electron chi connectivity index (χ1n) is 56.4. The zero-order chi connectivity index (χ0) is 110. The maximum atomic E-state index is 9.49. The van der Waals surface area contributed by atoms with Crippen LogP contribution in [-0.2, 0) is 0 Å². The molecule has 28 rings (SSSR count). The summed E-state index contributed by atoms with van der Waals surface area (Å²) >= 11 is 0. The molecule has 0 aliphatic carbocycles. The van der Waals surface area contributed by atoms with Crippen molar-refractivity contribution in [2.45, 2.75) is 0 Å². The van der Waals surface area contributed by atoms with E-state index in [1.54, 1.807) is 18.2 Å². The molecule has 3 heterocycles. The summed E-state index contributed by atoms with van der Waals surface area (Å²) in [5, 5.41) is 11.9. The summed E-state index contributed by atoms with van der Waals surface area (Å²) in [5.41, 5.74) is 16.1. The van der Waals surface area contributed by atoms with Gasteiger partial charge in [0, 0.05) is 32.3 Å². The van der Waals surface area contributed by atoms with Gasteiger partial charge in [-0.1, -0.05) is 436 Å². The van der Waals surface area contributed by atoms with Crippen molar-refractivity contribution in [2.75, 3.05) is 0 Å². The Kier molecular flexibility index (Phi) is 13.9. The largest absolute Gasteiger partial charge is 0.456 e. The Morgan fingerprint density at radius 2 is 0.422 bits per heavy atom. The Morgan fingerprint density at radius 1 is 0.133 bits per heavy atom. The van der Waals surface area contributed by atoms with Gasteiger partial charge in [0.15, 0.2) is 0 Å². The summed E-state index contributed by atoms with van der Waals surface area (Å²) in [4.78, 5) is 0. The molecule has 3 nitrogen and oxygen atoms in total. The van der Waals surface area contributed by atoms with Gasteiger partial charge in [-0.15, -0.1) is 0 Å². The maximum Gasteiger partial charge on any atom is 0.136 e. The monoisotopic (exact) mass is 1740 g/mol. The van der Waals surface area contributed by atoms with Crippen molar-refractivity contribution in [3.8, 4) is 111 Å². The molecule has 28 aromatic rings. The zero-order valence-electron chi connectivity index (χ0n) is 95.7. The fraction of sp³-hybridized carbons (Fsp3) is 0. The molecular weight excluding hydrogens is 1630 g/mol. The highest BCUT2D eigenvalue weighted by Crippen LogP contribution is 2.54. The minimum absolute atomic E-state index is 0.162. The molecule has 0 saturated carbocycles. The third-order valence-electron chi connectivity index (χ3n) is 26.1. The molecule has 0 unspecified atom stereocenters. The van der Waals surface area contributed by atoms with E-state index < -0.39 is 72.5 Å². The molecule has 628 valence electrons. The van der Waals surface area contributed by atoms with Crippen molar-refractivity contribution in [2.24, 2.45) is 0 Å². The second kappa shape index (κ2) is 32.7. The lowest BCUT2D eigenvalue weighted by Crippen LogP contribution is -1.93. The Hall–Kier alpha value is -17.8. The molecule has 0 amide bonds. The van der Waals surface area contributed by atoms with Gasteiger partial charge >= 0.3 is 0 Å². The molecule has 25 aromatic carbocycles. The maximum absolute atomic E-state index is 9.49. The van der Waals surface area contributed by atoms with E-state index in [2.05, 4.69) is 36.4 Å². The van der Waals surface area contributed by atoms with Gasteiger partial charge in [-0.3, -0.25) is 0 Å². The Balaban J connectivity index is 0.000000118. The Labute approximate surface area is 812 Å². The van der Waals surface area contributed by atoms with E-state index in [1.807, 2.05) is 297 Å². The first kappa shape index (κ1) is 57.3. The van der Waals surface area contributed by atoms with E-state index in [1.165, 1.54) is 0 Å². The summed E-state index contributed by atoms with van der Waals surface area (Å²) in [6.45, 7) is 0. The fourth-order valence-corrected chi connectivity index (χ4v) is 20.3. The van der Waals surface area contributed by atoms with Gasteiger partial charge in [0.2, 0.25) is 0 Å². The molecular formula is C132H82O3. The molecule has 0 N–H and O–H groups in total. The van der Waals surface area contributed by atoms with E-state index in [0.717, 1.165) is 93.0 Å². The standard InChI is InChI=1S/C46H28O.C44H28O.C42H26O/c1-2-13-30-28-31(25-24-29(30)12-1)32-26-27-39(34-15-4-3-14-33(32)34)44-35-16-5-7-18-37(35)45(38-19-8-6-17-36(38)44)41-21-11-23-43-46(41)40-20-9-10-22-42(40)47-43;1-3-14-29(15-4-1)32-27-26-31(28-39(32)30-16-5-2-6-17-30)42-33-18-7-9-20-35(33)43(36-21-10-8-19-34(36)42)38-23-13-25-41-44(38)37-22-11-12-24-40(37)45-41;1-2-13-27(14-3-1)29-25-28-15-4-5-16-30(28)37(26-29)41-33-19-8-6-17-31(33)40(32-18-7-9-20-34(32)41)36-22-12-24-39-42(36)35-21-10-11-23-38(35)43-39/h1-28H;1-28H;1-26H/i5D,6D,7D,8D,16D,17D,18D,19D;7D,8D,9D,10D,18D,19D,20D,21D;6D,7D,8D,9D,17D,18D,19D,20D. The highest BCUT2D eigenvalue weighted by molar-refractivity contribution is 6.31. The lowest BCUT2D eigenvalue weighted by Gasteiger charge is -2.20. The van der Waals surface area contributed by atoms with Crippen LogP contribution in [0.25, 0.3) is 274 Å². The summed E-state index contributed by atoms with van der Waals surface area (Å²) in [5.74, 6) is 0. The van der Waals surface area contributed by atoms with Crippen LogP contribution in [-0.4, -0.2) is 0 Å². The number of hydrogen-bond donors (Lipinski definition) is 0. The minimum Gasteiger partial charge on any atom is -0.456 e. The van der Waals surface area contributed by atoms with Gasteiger partial charge in [-0.2, -0.15) is 0 Å². The first-order valence-corrected chi connectivity index (χ1v) is 44.4. The molecule has 0 fully saturated rings. The molecule has 0 atom stereocenters. The van der Waals surface area contributed by atoms with E-state index in [-0.39, 0.29) is 137 Å². The quantitative estimate of drug-likeness (QED) is 0.128. The van der Waals surface area contributed by atoms with Gasteiger partial charge in [-0.25, -0.2) is 0 Å². The lowest BCUT2D eigenvalue weighted by atomic mass is 9.83. The molecule has 0 bridgehead atoms. The summed E-state index contributed by atoms with van der Waals surface area (Å²) in [7, 11) is 0. The van der Waals surface area contributed by atoms with Gasteiger partial charge in [0.05, 0.1) is 32.9 Å². The van der Waals surface area contributed by atoms with Crippen molar-refractivity contribution in [1.82, 2.24) is 0 Å². The molecule has 0 aliphatic heterocycles. The van der Waals surface area contributed by atoms with E-state index in [4.69, 9.17) is 29.7 Å². The Morgan fingerprint density at radius 3 is 0.852 bits per heavy atom. The van der Waals surface area contributed by atoms with Crippen molar-refractivity contribution < 1.29 is 46.1 Å². The van der Waals surface area contributed by atoms with Crippen LogP contribution in [0.4, 0.5) is 0 Å². The van der Waals surface area contributed by atoms with Gasteiger partial charge in [-0.05, 0) is 269 Å². The number of rotatable bonds is 10. The second-order valence-electron chi connectivity index (χ2n) is 33.5. The first-order chi connectivity index (χ1) is 77.0. The predicted molar refractivity (Wildman–Crippen MR) is 573 cm³/mol. The van der Waals surface area contributed by atoms with Crippen LogP contribution >= 0.6 is 0 Å². The smallest absolute Gasteiger partial charge is 0.136 e. The number of benzene rings is 25. The molecule has 0 saturated heterocycles. The van der Waals surface area contributed by atoms with E-state index in [9.17, 15) is 16.4 Å². The van der Waals surface area contributed by atoms with E-state index in [0.29, 0.717) is 116 Å². The summed E-state index contributed by atoms with van der Waals surface area (Å²) in [6.07, 6.45) is 0. The SMILES string of the molecule is [2H]c1c([2H])c([2H])c2c(-c3cccc4oc5ccccc5c34)c3c([2H])c([2H])c([2H])c([2H])c3c(-c3cc(-c4ccccc4)cc4ccccc34)c2c1[2H].[2H]c1c([2H])c([2H])c2c(-c3cccc4oc5ccccc5c34)c3c([2H])c([2H])c([2H])c([2H])c3c(-c3ccc(-c4ccc5ccccc5c4)c4ccccc34)c2c1[2H].[2H]c1c([2H])c([2H])c2c(-c3cccc4oc5ccccc5c34)c3c([2H])c([2H])c([2H])c([2H])c3c(-c3ccc(-c4ccccc4)c(-c4ccccc4)c3)c2c1[2H]. The second-order valence-corrected chi connectivity index (χ2v) is 33.5. The zero-order valence-corrected chi connectivity index (χ0v) is 71.7. The highest BCUT2D eigenvalue weighted by Gasteiger charge is 2.27. The third-order valence-corrected chi connectivity index (χ3v) is 26.1. The van der Waals surface area contributed by atoms with Crippen molar-refractivity contribution in [3.63, 3.8) is 0 Å².